The van der Waals surface area contributed by atoms with Gasteiger partial charge < -0.3 is 19.3 Å². The van der Waals surface area contributed by atoms with Crippen LogP contribution in [-0.2, 0) is 16.1 Å². The van der Waals surface area contributed by atoms with E-state index in [1.165, 1.54) is 14.2 Å². The zero-order valence-corrected chi connectivity index (χ0v) is 10.6. The molecule has 0 heterocycles. The van der Waals surface area contributed by atoms with Crippen molar-refractivity contribution in [2.45, 2.75) is 19.4 Å². The number of methoxy groups -OCH3 is 2. The molecule has 0 aromatic heterocycles. The summed E-state index contributed by atoms with van der Waals surface area (Å²) in [6, 6.07) is 5.22. The van der Waals surface area contributed by atoms with Crippen molar-refractivity contribution in [3.8, 4) is 11.5 Å². The maximum atomic E-state index is 10.9. The quantitative estimate of drug-likeness (QED) is 0.590. The number of aliphatic hydroxyl groups excluding tert-OH is 1. The monoisotopic (exact) mass is 254 g/mol. The Hall–Kier alpha value is -1.75. The van der Waals surface area contributed by atoms with E-state index in [1.807, 2.05) is 0 Å². The Morgan fingerprint density at radius 3 is 2.67 bits per heavy atom. The highest BCUT2D eigenvalue weighted by molar-refractivity contribution is 5.69. The van der Waals surface area contributed by atoms with E-state index in [0.29, 0.717) is 30.9 Å². The molecule has 0 spiro atoms. The summed E-state index contributed by atoms with van der Waals surface area (Å²) in [6.07, 6.45) is 0.908. The number of carbonyl (C=O) groups is 1. The molecule has 18 heavy (non-hydrogen) atoms. The van der Waals surface area contributed by atoms with Crippen LogP contribution in [0.2, 0.25) is 0 Å². The number of carbonyl (C=O) groups excluding carboxylic acids is 1. The first-order valence-corrected chi connectivity index (χ1v) is 5.68. The maximum Gasteiger partial charge on any atom is 0.305 e. The molecule has 0 aliphatic heterocycles. The van der Waals surface area contributed by atoms with Crippen LogP contribution in [0.4, 0.5) is 0 Å². The van der Waals surface area contributed by atoms with E-state index < -0.39 is 0 Å². The minimum Gasteiger partial charge on any atom is -0.493 e. The predicted molar refractivity (Wildman–Crippen MR) is 65.7 cm³/mol. The highest BCUT2D eigenvalue weighted by Gasteiger charge is 2.06. The van der Waals surface area contributed by atoms with Gasteiger partial charge in [-0.3, -0.25) is 4.79 Å². The molecule has 0 aliphatic rings. The molecule has 0 atom stereocenters. The molecule has 100 valence electrons. The second kappa shape index (κ2) is 7.55. The van der Waals surface area contributed by atoms with Crippen LogP contribution < -0.4 is 9.47 Å². The molecule has 0 radical (unpaired) electrons. The third-order valence-electron chi connectivity index (χ3n) is 2.42. The molecule has 0 amide bonds. The van der Waals surface area contributed by atoms with E-state index in [4.69, 9.17) is 14.6 Å². The van der Waals surface area contributed by atoms with E-state index in [1.54, 1.807) is 18.2 Å². The van der Waals surface area contributed by atoms with Crippen LogP contribution in [0.15, 0.2) is 18.2 Å². The molecule has 1 aromatic rings. The second-order valence-electron chi connectivity index (χ2n) is 3.67. The minimum absolute atomic E-state index is 0.0427. The van der Waals surface area contributed by atoms with E-state index in [9.17, 15) is 4.79 Å². The molecule has 0 fully saturated rings. The molecule has 0 unspecified atom stereocenters. The van der Waals surface area contributed by atoms with Crippen LogP contribution in [-0.4, -0.2) is 31.9 Å². The molecule has 0 saturated heterocycles. The topological polar surface area (TPSA) is 65.0 Å². The van der Waals surface area contributed by atoms with Crippen molar-refractivity contribution < 1.29 is 24.1 Å². The maximum absolute atomic E-state index is 10.9. The number of hydrogen-bond acceptors (Lipinski definition) is 5. The van der Waals surface area contributed by atoms with Crippen molar-refractivity contribution in [2.24, 2.45) is 0 Å². The van der Waals surface area contributed by atoms with Gasteiger partial charge in [0.25, 0.3) is 0 Å². The zero-order valence-electron chi connectivity index (χ0n) is 10.6. The molecule has 1 aromatic carbocycles. The zero-order chi connectivity index (χ0) is 13.4. The molecule has 1 N–H and O–H groups in total. The standard InChI is InChI=1S/C13H18O5/c1-16-12-8-10(9-14)5-6-11(12)18-7-3-4-13(15)17-2/h5-6,8,14H,3-4,7,9H2,1-2H3. The number of esters is 1. The largest absolute Gasteiger partial charge is 0.493 e. The van der Waals surface area contributed by atoms with E-state index in [-0.39, 0.29) is 12.6 Å². The lowest BCUT2D eigenvalue weighted by molar-refractivity contribution is -0.140. The van der Waals surface area contributed by atoms with E-state index >= 15 is 0 Å². The minimum atomic E-state index is -0.249. The van der Waals surface area contributed by atoms with Crippen LogP contribution >= 0.6 is 0 Å². The van der Waals surface area contributed by atoms with Crippen molar-refractivity contribution in [1.82, 2.24) is 0 Å². The summed E-state index contributed by atoms with van der Waals surface area (Å²) in [7, 11) is 2.90. The average Bonchev–Trinajstić information content (AvgIpc) is 2.43. The first kappa shape index (κ1) is 14.3. The van der Waals surface area contributed by atoms with Crippen LogP contribution in [0.25, 0.3) is 0 Å². The Morgan fingerprint density at radius 1 is 1.28 bits per heavy atom. The highest BCUT2D eigenvalue weighted by atomic mass is 16.5. The molecule has 0 bridgehead atoms. The van der Waals surface area contributed by atoms with Gasteiger partial charge in [-0.15, -0.1) is 0 Å². The molecule has 1 rings (SSSR count). The van der Waals surface area contributed by atoms with Crippen molar-refractivity contribution in [2.75, 3.05) is 20.8 Å². The van der Waals surface area contributed by atoms with Gasteiger partial charge in [0.1, 0.15) is 0 Å². The van der Waals surface area contributed by atoms with Gasteiger partial charge in [0.15, 0.2) is 11.5 Å². The van der Waals surface area contributed by atoms with Gasteiger partial charge in [-0.1, -0.05) is 6.07 Å². The summed E-state index contributed by atoms with van der Waals surface area (Å²) in [5, 5.41) is 9.00. The molecule has 0 saturated carbocycles. The molecule has 5 nitrogen and oxygen atoms in total. The summed E-state index contributed by atoms with van der Waals surface area (Å²) >= 11 is 0. The summed E-state index contributed by atoms with van der Waals surface area (Å²) in [6.45, 7) is 0.364. The van der Waals surface area contributed by atoms with E-state index in [0.717, 1.165) is 5.56 Å². The summed E-state index contributed by atoms with van der Waals surface area (Å²) < 4.78 is 15.2. The van der Waals surface area contributed by atoms with Crippen LogP contribution in [0.1, 0.15) is 18.4 Å². The van der Waals surface area contributed by atoms with Crippen molar-refractivity contribution in [3.63, 3.8) is 0 Å². The lowest BCUT2D eigenvalue weighted by Crippen LogP contribution is -2.05. The van der Waals surface area contributed by atoms with Crippen molar-refractivity contribution >= 4 is 5.97 Å². The smallest absolute Gasteiger partial charge is 0.305 e. The van der Waals surface area contributed by atoms with Gasteiger partial charge in [0.2, 0.25) is 0 Å². The van der Waals surface area contributed by atoms with Gasteiger partial charge in [0, 0.05) is 6.42 Å². The molecule has 0 aliphatic carbocycles. The fraction of sp³-hybridized carbons (Fsp3) is 0.462. The first-order chi connectivity index (χ1) is 8.71. The van der Waals surface area contributed by atoms with Crippen molar-refractivity contribution in [1.29, 1.82) is 0 Å². The first-order valence-electron chi connectivity index (χ1n) is 5.68. The van der Waals surface area contributed by atoms with Gasteiger partial charge in [-0.2, -0.15) is 0 Å². The predicted octanol–water partition coefficient (Wildman–Crippen LogP) is 1.52. The summed E-state index contributed by atoms with van der Waals surface area (Å²) in [4.78, 5) is 10.9. The number of rotatable bonds is 7. The summed E-state index contributed by atoms with van der Waals surface area (Å²) in [5.74, 6) is 0.917. The van der Waals surface area contributed by atoms with Gasteiger partial charge in [-0.25, -0.2) is 0 Å². The van der Waals surface area contributed by atoms with Crippen molar-refractivity contribution in [3.05, 3.63) is 23.8 Å². The normalized spacial score (nSPS) is 9.94. The number of ether oxygens (including phenoxy) is 3. The molecular formula is C13H18O5. The molecule has 5 heteroatoms. The highest BCUT2D eigenvalue weighted by Crippen LogP contribution is 2.28. The SMILES string of the molecule is COC(=O)CCCOc1ccc(CO)cc1OC. The molecular weight excluding hydrogens is 236 g/mol. The Bertz CT molecular complexity index is 389. The Morgan fingerprint density at radius 2 is 2.06 bits per heavy atom. The average molecular weight is 254 g/mol. The summed E-state index contributed by atoms with van der Waals surface area (Å²) in [5.41, 5.74) is 0.758. The fourth-order valence-corrected chi connectivity index (χ4v) is 1.43. The lowest BCUT2D eigenvalue weighted by atomic mass is 10.2. The second-order valence-corrected chi connectivity index (χ2v) is 3.67. The Balaban J connectivity index is 2.49. The van der Waals surface area contributed by atoms with Gasteiger partial charge in [-0.05, 0) is 24.1 Å². The Kier molecular flexibility index (Phi) is 6.00. The number of aliphatic hydroxyl groups is 1. The van der Waals surface area contributed by atoms with Crippen LogP contribution in [0.3, 0.4) is 0 Å². The van der Waals surface area contributed by atoms with Crippen LogP contribution in [0.5, 0.6) is 11.5 Å². The lowest BCUT2D eigenvalue weighted by Gasteiger charge is -2.11. The third-order valence-corrected chi connectivity index (χ3v) is 2.42. The third kappa shape index (κ3) is 4.25. The number of benzene rings is 1. The fourth-order valence-electron chi connectivity index (χ4n) is 1.43. The van der Waals surface area contributed by atoms with E-state index in [2.05, 4.69) is 4.74 Å². The van der Waals surface area contributed by atoms with Gasteiger partial charge in [0.05, 0.1) is 27.4 Å². The number of hydrogen-bond donors (Lipinski definition) is 1. The Labute approximate surface area is 106 Å². The van der Waals surface area contributed by atoms with Gasteiger partial charge >= 0.3 is 5.97 Å². The van der Waals surface area contributed by atoms with Crippen LogP contribution in [0, 0.1) is 0 Å².